The Balaban J connectivity index is 1.53. The maximum Gasteiger partial charge on any atom is 0.336 e. The lowest BCUT2D eigenvalue weighted by Crippen LogP contribution is -2.36. The Kier molecular flexibility index (Phi) is 5.67. The fraction of sp³-hybridized carbons (Fsp3) is 0.185. The molecule has 0 atom stereocenters. The summed E-state index contributed by atoms with van der Waals surface area (Å²) in [6.07, 6.45) is 0. The van der Waals surface area contributed by atoms with Crippen molar-refractivity contribution in [1.29, 1.82) is 0 Å². The summed E-state index contributed by atoms with van der Waals surface area (Å²) in [5.41, 5.74) is 5.56. The Morgan fingerprint density at radius 1 is 0.909 bits per heavy atom. The van der Waals surface area contributed by atoms with Crippen LogP contribution in [-0.2, 0) is 4.74 Å². The topological polar surface area (TPSA) is 71.9 Å². The van der Waals surface area contributed by atoms with Gasteiger partial charge < -0.3 is 19.5 Å². The van der Waals surface area contributed by atoms with Gasteiger partial charge >= 0.3 is 5.97 Å². The second-order valence-corrected chi connectivity index (χ2v) is 7.97. The highest BCUT2D eigenvalue weighted by molar-refractivity contribution is 6.04. The van der Waals surface area contributed by atoms with Gasteiger partial charge in [-0.25, -0.2) is 9.78 Å². The maximum atomic E-state index is 12.0. The molecule has 0 bridgehead atoms. The Bertz CT molecular complexity index is 1290. The molecule has 0 aliphatic carbocycles. The van der Waals surface area contributed by atoms with Gasteiger partial charge in [0.05, 0.1) is 37.1 Å². The SMILES string of the molecule is COc1ccc(-c2cc(C(=O)O)c3ccc(-c4ccc(N5CCOCC5)cc4)cc3n2)cc1. The van der Waals surface area contributed by atoms with E-state index in [1.54, 1.807) is 13.2 Å². The number of pyridine rings is 1. The van der Waals surface area contributed by atoms with E-state index in [2.05, 4.69) is 29.2 Å². The predicted octanol–water partition coefficient (Wildman–Crippen LogP) is 5.11. The van der Waals surface area contributed by atoms with Crippen molar-refractivity contribution >= 4 is 22.6 Å². The number of aromatic carboxylic acids is 1. The zero-order chi connectivity index (χ0) is 22.8. The first-order valence-corrected chi connectivity index (χ1v) is 10.9. The quantitative estimate of drug-likeness (QED) is 0.465. The highest BCUT2D eigenvalue weighted by Gasteiger charge is 2.15. The van der Waals surface area contributed by atoms with Crippen LogP contribution in [0.15, 0.2) is 72.8 Å². The molecule has 1 saturated heterocycles. The van der Waals surface area contributed by atoms with Gasteiger partial charge in [0.25, 0.3) is 0 Å². The van der Waals surface area contributed by atoms with Gasteiger partial charge in [-0.15, -0.1) is 0 Å². The van der Waals surface area contributed by atoms with Crippen LogP contribution in [0.4, 0.5) is 5.69 Å². The Morgan fingerprint density at radius 3 is 2.24 bits per heavy atom. The third kappa shape index (κ3) is 4.25. The average molecular weight is 440 g/mol. The van der Waals surface area contributed by atoms with Crippen LogP contribution in [0.2, 0.25) is 0 Å². The summed E-state index contributed by atoms with van der Waals surface area (Å²) in [4.78, 5) is 19.1. The van der Waals surface area contributed by atoms with Crippen molar-refractivity contribution in [2.24, 2.45) is 0 Å². The smallest absolute Gasteiger partial charge is 0.336 e. The van der Waals surface area contributed by atoms with E-state index in [-0.39, 0.29) is 5.56 Å². The van der Waals surface area contributed by atoms with Crippen LogP contribution in [0.25, 0.3) is 33.3 Å². The van der Waals surface area contributed by atoms with Crippen molar-refractivity contribution in [3.63, 3.8) is 0 Å². The Morgan fingerprint density at radius 2 is 1.58 bits per heavy atom. The van der Waals surface area contributed by atoms with E-state index >= 15 is 0 Å². The van der Waals surface area contributed by atoms with Gasteiger partial charge in [0.2, 0.25) is 0 Å². The minimum Gasteiger partial charge on any atom is -0.497 e. The molecule has 33 heavy (non-hydrogen) atoms. The first kappa shape index (κ1) is 21.0. The summed E-state index contributed by atoms with van der Waals surface area (Å²) >= 11 is 0. The van der Waals surface area contributed by atoms with Crippen LogP contribution < -0.4 is 9.64 Å². The molecule has 5 rings (SSSR count). The van der Waals surface area contributed by atoms with Crippen molar-refractivity contribution in [2.75, 3.05) is 38.3 Å². The number of carbonyl (C=O) groups is 1. The average Bonchev–Trinajstić information content (AvgIpc) is 2.88. The van der Waals surface area contributed by atoms with E-state index in [0.29, 0.717) is 16.6 Å². The molecule has 166 valence electrons. The lowest BCUT2D eigenvalue weighted by Gasteiger charge is -2.28. The number of hydrogen-bond donors (Lipinski definition) is 1. The second-order valence-electron chi connectivity index (χ2n) is 7.97. The largest absolute Gasteiger partial charge is 0.497 e. The lowest BCUT2D eigenvalue weighted by atomic mass is 9.99. The van der Waals surface area contributed by atoms with Crippen molar-refractivity contribution < 1.29 is 19.4 Å². The predicted molar refractivity (Wildman–Crippen MR) is 129 cm³/mol. The highest BCUT2D eigenvalue weighted by Crippen LogP contribution is 2.30. The van der Waals surface area contributed by atoms with E-state index in [0.717, 1.165) is 48.7 Å². The Hall–Kier alpha value is -3.90. The first-order chi connectivity index (χ1) is 16.1. The molecule has 3 aromatic carbocycles. The van der Waals surface area contributed by atoms with E-state index in [4.69, 9.17) is 14.5 Å². The molecule has 0 saturated carbocycles. The van der Waals surface area contributed by atoms with Crippen LogP contribution in [0.3, 0.4) is 0 Å². The minimum atomic E-state index is -0.972. The van der Waals surface area contributed by atoms with Crippen molar-refractivity contribution in [1.82, 2.24) is 4.98 Å². The number of nitrogens with zero attached hydrogens (tertiary/aromatic N) is 2. The molecule has 1 fully saturated rings. The molecular weight excluding hydrogens is 416 g/mol. The van der Waals surface area contributed by atoms with Gasteiger partial charge in [-0.2, -0.15) is 0 Å². The molecule has 1 N–H and O–H groups in total. The third-order valence-electron chi connectivity index (χ3n) is 6.00. The summed E-state index contributed by atoms with van der Waals surface area (Å²) in [5.74, 6) is -0.236. The van der Waals surface area contributed by atoms with Crippen LogP contribution in [0.5, 0.6) is 5.75 Å². The van der Waals surface area contributed by atoms with Crippen molar-refractivity contribution in [3.8, 4) is 28.1 Å². The number of fused-ring (bicyclic) bond motifs is 1. The standard InChI is InChI=1S/C27H24N2O4/c1-32-22-9-4-19(5-10-22)25-17-24(27(30)31)23-11-6-20(16-26(23)28-25)18-2-7-21(8-3-18)29-12-14-33-15-13-29/h2-11,16-17H,12-15H2,1H3,(H,30,31). The van der Waals surface area contributed by atoms with E-state index in [9.17, 15) is 9.90 Å². The zero-order valence-corrected chi connectivity index (χ0v) is 18.3. The zero-order valence-electron chi connectivity index (χ0n) is 18.3. The summed E-state index contributed by atoms with van der Waals surface area (Å²) < 4.78 is 10.7. The number of aromatic nitrogens is 1. The van der Waals surface area contributed by atoms with Crippen LogP contribution in [0.1, 0.15) is 10.4 Å². The van der Waals surface area contributed by atoms with E-state index < -0.39 is 5.97 Å². The van der Waals surface area contributed by atoms with Crippen LogP contribution in [0, 0.1) is 0 Å². The molecule has 0 spiro atoms. The first-order valence-electron chi connectivity index (χ1n) is 10.9. The molecule has 1 aliphatic heterocycles. The molecule has 4 aromatic rings. The lowest BCUT2D eigenvalue weighted by molar-refractivity contribution is 0.0699. The normalized spacial score (nSPS) is 13.8. The number of carboxylic acids is 1. The molecule has 6 heteroatoms. The highest BCUT2D eigenvalue weighted by atomic mass is 16.5. The molecule has 6 nitrogen and oxygen atoms in total. The van der Waals surface area contributed by atoms with Gasteiger partial charge in [-0.1, -0.05) is 24.3 Å². The number of methoxy groups -OCH3 is 1. The van der Waals surface area contributed by atoms with E-state index in [1.165, 1.54) is 5.69 Å². The second kappa shape index (κ2) is 8.92. The number of anilines is 1. The molecular formula is C27H24N2O4. The number of hydrogen-bond acceptors (Lipinski definition) is 5. The van der Waals surface area contributed by atoms with Crippen molar-refractivity contribution in [2.45, 2.75) is 0 Å². The third-order valence-corrected chi connectivity index (χ3v) is 6.00. The number of ether oxygens (including phenoxy) is 2. The summed E-state index contributed by atoms with van der Waals surface area (Å²) in [5, 5.41) is 10.4. The number of rotatable bonds is 5. The molecule has 1 aromatic heterocycles. The summed E-state index contributed by atoms with van der Waals surface area (Å²) in [7, 11) is 1.61. The van der Waals surface area contributed by atoms with Gasteiger partial charge in [-0.3, -0.25) is 0 Å². The molecule has 0 amide bonds. The maximum absolute atomic E-state index is 12.0. The summed E-state index contributed by atoms with van der Waals surface area (Å²) in [6, 6.07) is 23.3. The molecule has 0 radical (unpaired) electrons. The fourth-order valence-electron chi connectivity index (χ4n) is 4.18. The Labute approximate surface area is 192 Å². The minimum absolute atomic E-state index is 0.236. The van der Waals surface area contributed by atoms with Gasteiger partial charge in [0, 0.05) is 29.7 Å². The van der Waals surface area contributed by atoms with Crippen molar-refractivity contribution in [3.05, 3.63) is 78.4 Å². The van der Waals surface area contributed by atoms with Gasteiger partial charge in [0.1, 0.15) is 5.75 Å². The number of carboxylic acid groups (broad SMARTS) is 1. The van der Waals surface area contributed by atoms with Crippen LogP contribution >= 0.6 is 0 Å². The van der Waals surface area contributed by atoms with E-state index in [1.807, 2.05) is 42.5 Å². The van der Waals surface area contributed by atoms with Crippen LogP contribution in [-0.4, -0.2) is 49.5 Å². The summed E-state index contributed by atoms with van der Waals surface area (Å²) in [6.45, 7) is 3.29. The monoisotopic (exact) mass is 440 g/mol. The number of benzene rings is 3. The molecule has 1 aliphatic rings. The molecule has 2 heterocycles. The molecule has 0 unspecified atom stereocenters. The van der Waals surface area contributed by atoms with Gasteiger partial charge in [0.15, 0.2) is 0 Å². The fourth-order valence-corrected chi connectivity index (χ4v) is 4.18. The van der Waals surface area contributed by atoms with Gasteiger partial charge in [-0.05, 0) is 59.7 Å². The number of morpholine rings is 1.